The molecule has 0 aromatic rings. The van der Waals surface area contributed by atoms with Crippen LogP contribution >= 0.6 is 0 Å². The molecule has 0 aromatic carbocycles. The number of ether oxygens (including phenoxy) is 1. The maximum absolute atomic E-state index is 11.2. The first-order valence-electron chi connectivity index (χ1n) is 7.02. The van der Waals surface area contributed by atoms with Crippen molar-refractivity contribution in [2.75, 3.05) is 32.8 Å². The quantitative estimate of drug-likeness (QED) is 0.557. The zero-order chi connectivity index (χ0) is 13.0. The van der Waals surface area contributed by atoms with Gasteiger partial charge >= 0.3 is 5.97 Å². The summed E-state index contributed by atoms with van der Waals surface area (Å²) in [5, 5.41) is 0. The molecule has 0 aromatic heterocycles. The number of rotatable bonds is 4. The van der Waals surface area contributed by atoms with Crippen molar-refractivity contribution >= 4 is 5.97 Å². The number of esters is 1. The summed E-state index contributed by atoms with van der Waals surface area (Å²) in [5.41, 5.74) is 0. The Morgan fingerprint density at radius 2 is 2.28 bits per heavy atom. The van der Waals surface area contributed by atoms with Gasteiger partial charge in [0.1, 0.15) is 0 Å². The minimum atomic E-state index is -0.232. The molecule has 0 aliphatic carbocycles. The molecule has 2 fully saturated rings. The average molecular weight is 252 g/mol. The minimum Gasteiger partial charge on any atom is -0.463 e. The summed E-state index contributed by atoms with van der Waals surface area (Å²) in [5.74, 6) is -0.232. The number of carbonyl (C=O) groups excluding carboxylic acids is 1. The molecule has 18 heavy (non-hydrogen) atoms. The summed E-state index contributed by atoms with van der Waals surface area (Å²) in [6.07, 6.45) is 6.14. The SMILES string of the molecule is CCOC(=O)/C=C/CN1CC2CCCN2CC1C. The largest absolute Gasteiger partial charge is 0.463 e. The average Bonchev–Trinajstić information content (AvgIpc) is 2.76. The van der Waals surface area contributed by atoms with E-state index in [1.165, 1.54) is 19.4 Å². The van der Waals surface area contributed by atoms with Gasteiger partial charge in [0.25, 0.3) is 0 Å². The van der Waals surface area contributed by atoms with E-state index in [4.69, 9.17) is 4.74 Å². The number of carbonyl (C=O) groups is 1. The van der Waals surface area contributed by atoms with Crippen molar-refractivity contribution in [2.24, 2.45) is 0 Å². The van der Waals surface area contributed by atoms with Gasteiger partial charge in [0.2, 0.25) is 0 Å². The minimum absolute atomic E-state index is 0.232. The van der Waals surface area contributed by atoms with E-state index in [-0.39, 0.29) is 5.97 Å². The lowest BCUT2D eigenvalue weighted by atomic mass is 10.1. The summed E-state index contributed by atoms with van der Waals surface area (Å²) in [6, 6.07) is 1.31. The number of piperazine rings is 1. The van der Waals surface area contributed by atoms with Crippen molar-refractivity contribution in [1.29, 1.82) is 0 Å². The second-order valence-corrected chi connectivity index (χ2v) is 5.25. The lowest BCUT2D eigenvalue weighted by Gasteiger charge is -2.41. The molecule has 2 rings (SSSR count). The van der Waals surface area contributed by atoms with Crippen molar-refractivity contribution in [3.63, 3.8) is 0 Å². The number of hydrogen-bond donors (Lipinski definition) is 0. The van der Waals surface area contributed by atoms with Crippen molar-refractivity contribution in [2.45, 2.75) is 38.8 Å². The summed E-state index contributed by atoms with van der Waals surface area (Å²) in [6.45, 7) is 8.96. The second kappa shape index (κ2) is 6.34. The maximum atomic E-state index is 11.2. The fourth-order valence-electron chi connectivity index (χ4n) is 2.98. The van der Waals surface area contributed by atoms with Gasteiger partial charge in [0.05, 0.1) is 6.61 Å². The van der Waals surface area contributed by atoms with E-state index in [1.807, 2.05) is 13.0 Å². The van der Waals surface area contributed by atoms with Gasteiger partial charge in [-0.1, -0.05) is 6.08 Å². The molecule has 102 valence electrons. The van der Waals surface area contributed by atoms with Crippen molar-refractivity contribution < 1.29 is 9.53 Å². The first-order chi connectivity index (χ1) is 8.70. The van der Waals surface area contributed by atoms with E-state index >= 15 is 0 Å². The summed E-state index contributed by atoms with van der Waals surface area (Å²) in [7, 11) is 0. The highest BCUT2D eigenvalue weighted by atomic mass is 16.5. The van der Waals surface area contributed by atoms with E-state index in [2.05, 4.69) is 16.7 Å². The Kier molecular flexibility index (Phi) is 4.78. The van der Waals surface area contributed by atoms with Crippen LogP contribution in [0.3, 0.4) is 0 Å². The van der Waals surface area contributed by atoms with Crippen LogP contribution in [0.1, 0.15) is 26.7 Å². The molecule has 0 amide bonds. The molecule has 0 spiro atoms. The second-order valence-electron chi connectivity index (χ2n) is 5.25. The van der Waals surface area contributed by atoms with Gasteiger partial charge in [-0.15, -0.1) is 0 Å². The van der Waals surface area contributed by atoms with E-state index in [0.29, 0.717) is 12.6 Å². The molecule has 2 aliphatic heterocycles. The van der Waals surface area contributed by atoms with E-state index in [0.717, 1.165) is 25.7 Å². The van der Waals surface area contributed by atoms with Crippen LogP contribution in [-0.4, -0.2) is 60.6 Å². The highest BCUT2D eigenvalue weighted by molar-refractivity contribution is 5.81. The van der Waals surface area contributed by atoms with Gasteiger partial charge in [-0.05, 0) is 33.2 Å². The van der Waals surface area contributed by atoms with Gasteiger partial charge in [0.15, 0.2) is 0 Å². The Bertz CT molecular complexity index is 317. The topological polar surface area (TPSA) is 32.8 Å². The summed E-state index contributed by atoms with van der Waals surface area (Å²) in [4.78, 5) is 16.3. The molecule has 2 aliphatic rings. The van der Waals surface area contributed by atoms with Gasteiger partial charge in [-0.25, -0.2) is 4.79 Å². The smallest absolute Gasteiger partial charge is 0.330 e. The molecule has 4 heteroatoms. The van der Waals surface area contributed by atoms with Gasteiger partial charge in [-0.2, -0.15) is 0 Å². The highest BCUT2D eigenvalue weighted by Crippen LogP contribution is 2.24. The van der Waals surface area contributed by atoms with Crippen LogP contribution in [0, 0.1) is 0 Å². The van der Waals surface area contributed by atoms with Crippen molar-refractivity contribution in [3.8, 4) is 0 Å². The predicted octanol–water partition coefficient (Wildman–Crippen LogP) is 1.27. The summed E-state index contributed by atoms with van der Waals surface area (Å²) < 4.78 is 4.87. The highest BCUT2D eigenvalue weighted by Gasteiger charge is 2.33. The number of nitrogens with zero attached hydrogens (tertiary/aromatic N) is 2. The van der Waals surface area contributed by atoms with Crippen LogP contribution in [0.25, 0.3) is 0 Å². The molecular weight excluding hydrogens is 228 g/mol. The predicted molar refractivity (Wildman–Crippen MR) is 71.4 cm³/mol. The third kappa shape index (κ3) is 3.33. The molecule has 2 saturated heterocycles. The normalized spacial score (nSPS) is 29.7. The number of hydrogen-bond acceptors (Lipinski definition) is 4. The zero-order valence-corrected chi connectivity index (χ0v) is 11.5. The first-order valence-corrected chi connectivity index (χ1v) is 7.02. The fraction of sp³-hybridized carbons (Fsp3) is 0.786. The van der Waals surface area contributed by atoms with Crippen LogP contribution in [0.5, 0.6) is 0 Å². The molecular formula is C14H24N2O2. The lowest BCUT2D eigenvalue weighted by Crippen LogP contribution is -2.54. The maximum Gasteiger partial charge on any atom is 0.330 e. The first kappa shape index (κ1) is 13.6. The van der Waals surface area contributed by atoms with Crippen LogP contribution in [0.2, 0.25) is 0 Å². The number of fused-ring (bicyclic) bond motifs is 1. The monoisotopic (exact) mass is 252 g/mol. The van der Waals surface area contributed by atoms with E-state index < -0.39 is 0 Å². The van der Waals surface area contributed by atoms with E-state index in [1.54, 1.807) is 6.08 Å². The third-order valence-electron chi connectivity index (χ3n) is 3.95. The van der Waals surface area contributed by atoms with Crippen LogP contribution in [0.15, 0.2) is 12.2 Å². The molecule has 0 radical (unpaired) electrons. The van der Waals surface area contributed by atoms with E-state index in [9.17, 15) is 4.79 Å². The van der Waals surface area contributed by atoms with Gasteiger partial charge < -0.3 is 4.74 Å². The summed E-state index contributed by atoms with van der Waals surface area (Å²) >= 11 is 0. The molecule has 0 saturated carbocycles. The third-order valence-corrected chi connectivity index (χ3v) is 3.95. The molecule has 4 nitrogen and oxygen atoms in total. The van der Waals surface area contributed by atoms with Gasteiger partial charge in [-0.3, -0.25) is 9.80 Å². The van der Waals surface area contributed by atoms with Crippen LogP contribution < -0.4 is 0 Å². The molecule has 2 atom stereocenters. The Morgan fingerprint density at radius 3 is 3.06 bits per heavy atom. The Hall–Kier alpha value is -0.870. The van der Waals surface area contributed by atoms with Crippen LogP contribution in [0.4, 0.5) is 0 Å². The zero-order valence-electron chi connectivity index (χ0n) is 11.5. The van der Waals surface area contributed by atoms with Crippen molar-refractivity contribution in [1.82, 2.24) is 9.80 Å². The van der Waals surface area contributed by atoms with Crippen LogP contribution in [-0.2, 0) is 9.53 Å². The Balaban J connectivity index is 1.80. The lowest BCUT2D eigenvalue weighted by molar-refractivity contribution is -0.137. The Labute approximate surface area is 110 Å². The van der Waals surface area contributed by atoms with Gasteiger partial charge in [0, 0.05) is 37.8 Å². The standard InChI is InChI=1S/C14H24N2O2/c1-3-18-14(17)7-5-8-15-11-13-6-4-9-16(13)10-12(15)2/h5,7,12-13H,3-4,6,8-11H2,1-2H3/b7-5+. The molecule has 0 N–H and O–H groups in total. The Morgan fingerprint density at radius 1 is 1.44 bits per heavy atom. The fourth-order valence-corrected chi connectivity index (χ4v) is 2.98. The molecule has 2 heterocycles. The molecule has 2 unspecified atom stereocenters. The van der Waals surface area contributed by atoms with Crippen molar-refractivity contribution in [3.05, 3.63) is 12.2 Å². The molecule has 0 bridgehead atoms.